The maximum absolute atomic E-state index is 5.45. The zero-order valence-corrected chi connectivity index (χ0v) is 6.40. The van der Waals surface area contributed by atoms with Crippen LogP contribution in [0, 0.1) is 0 Å². The van der Waals surface area contributed by atoms with E-state index in [1.54, 1.807) is 6.33 Å². The minimum absolute atomic E-state index is 0.770. The molecule has 12 heavy (non-hydrogen) atoms. The summed E-state index contributed by atoms with van der Waals surface area (Å²) in [6.07, 6.45) is 2.67. The predicted octanol–water partition coefficient (Wildman–Crippen LogP) is 0.664. The molecule has 0 amide bonds. The van der Waals surface area contributed by atoms with Crippen LogP contribution in [-0.2, 0) is 6.42 Å². The molecular formula is C8H7N3O. The van der Waals surface area contributed by atoms with Crippen LogP contribution in [0.2, 0.25) is 0 Å². The van der Waals surface area contributed by atoms with Gasteiger partial charge in [-0.2, -0.15) is 0 Å². The third-order valence-corrected chi connectivity index (χ3v) is 2.11. The Bertz CT molecular complexity index is 435. The van der Waals surface area contributed by atoms with Crippen molar-refractivity contribution >= 4 is 5.65 Å². The van der Waals surface area contributed by atoms with Crippen molar-refractivity contribution in [3.8, 4) is 5.88 Å². The van der Waals surface area contributed by atoms with Crippen LogP contribution in [-0.4, -0.2) is 21.2 Å². The van der Waals surface area contributed by atoms with Gasteiger partial charge in [-0.25, -0.2) is 0 Å². The van der Waals surface area contributed by atoms with Crippen LogP contribution < -0.4 is 4.74 Å². The summed E-state index contributed by atoms with van der Waals surface area (Å²) < 4.78 is 7.33. The van der Waals surface area contributed by atoms with Crippen LogP contribution in [0.1, 0.15) is 5.56 Å². The van der Waals surface area contributed by atoms with Crippen LogP contribution in [0.5, 0.6) is 5.88 Å². The minimum atomic E-state index is 0.770. The SMILES string of the molecule is c1cc2nncn2c2c1CCO2. The zero-order valence-electron chi connectivity index (χ0n) is 6.40. The maximum Gasteiger partial charge on any atom is 0.204 e. The van der Waals surface area contributed by atoms with E-state index in [-0.39, 0.29) is 0 Å². The summed E-state index contributed by atoms with van der Waals surface area (Å²) in [6, 6.07) is 4.01. The lowest BCUT2D eigenvalue weighted by molar-refractivity contribution is 0.340. The summed E-state index contributed by atoms with van der Waals surface area (Å²) in [7, 11) is 0. The van der Waals surface area contributed by atoms with E-state index < -0.39 is 0 Å². The Balaban J connectivity index is 2.46. The molecule has 2 aromatic heterocycles. The Hall–Kier alpha value is -1.58. The Morgan fingerprint density at radius 2 is 2.42 bits per heavy atom. The zero-order chi connectivity index (χ0) is 7.97. The maximum atomic E-state index is 5.45. The molecule has 2 aromatic rings. The number of nitrogens with zero attached hydrogens (tertiary/aromatic N) is 3. The highest BCUT2D eigenvalue weighted by Crippen LogP contribution is 2.25. The minimum Gasteiger partial charge on any atom is -0.478 e. The standard InChI is InChI=1S/C8H7N3O/c1-2-7-10-9-5-11(7)8-6(1)3-4-12-8/h1-2,5H,3-4H2. The second-order valence-corrected chi connectivity index (χ2v) is 2.82. The molecule has 60 valence electrons. The second-order valence-electron chi connectivity index (χ2n) is 2.82. The van der Waals surface area contributed by atoms with E-state index in [4.69, 9.17) is 4.74 Å². The van der Waals surface area contributed by atoms with Crippen LogP contribution in [0.25, 0.3) is 5.65 Å². The summed E-state index contributed by atoms with van der Waals surface area (Å²) in [6.45, 7) is 0.770. The van der Waals surface area contributed by atoms with E-state index in [1.807, 2.05) is 16.5 Å². The Morgan fingerprint density at radius 1 is 1.42 bits per heavy atom. The number of hydrogen-bond donors (Lipinski definition) is 0. The van der Waals surface area contributed by atoms with Crippen molar-refractivity contribution in [2.24, 2.45) is 0 Å². The normalized spacial score (nSPS) is 14.7. The van der Waals surface area contributed by atoms with Crippen molar-refractivity contribution in [1.29, 1.82) is 0 Å². The molecule has 0 spiro atoms. The highest BCUT2D eigenvalue weighted by molar-refractivity contribution is 5.45. The van der Waals surface area contributed by atoms with Crippen molar-refractivity contribution in [2.75, 3.05) is 6.61 Å². The van der Waals surface area contributed by atoms with E-state index >= 15 is 0 Å². The molecule has 0 atom stereocenters. The van der Waals surface area contributed by atoms with Gasteiger partial charge in [-0.3, -0.25) is 4.40 Å². The molecule has 0 radical (unpaired) electrons. The quantitative estimate of drug-likeness (QED) is 0.570. The van der Waals surface area contributed by atoms with Gasteiger partial charge in [-0.1, -0.05) is 0 Å². The van der Waals surface area contributed by atoms with Gasteiger partial charge >= 0.3 is 0 Å². The monoisotopic (exact) mass is 161 g/mol. The molecule has 0 fully saturated rings. The third kappa shape index (κ3) is 0.617. The topological polar surface area (TPSA) is 39.4 Å². The van der Waals surface area contributed by atoms with Crippen molar-refractivity contribution in [3.63, 3.8) is 0 Å². The highest BCUT2D eigenvalue weighted by atomic mass is 16.5. The molecule has 0 N–H and O–H groups in total. The van der Waals surface area contributed by atoms with Crippen LogP contribution in [0.4, 0.5) is 0 Å². The van der Waals surface area contributed by atoms with Gasteiger partial charge in [0.15, 0.2) is 5.65 Å². The largest absolute Gasteiger partial charge is 0.478 e. The van der Waals surface area contributed by atoms with Gasteiger partial charge < -0.3 is 4.74 Å². The molecule has 1 aliphatic heterocycles. The molecule has 0 unspecified atom stereocenters. The number of aromatic nitrogens is 3. The molecule has 0 bridgehead atoms. The number of hydrogen-bond acceptors (Lipinski definition) is 3. The van der Waals surface area contributed by atoms with Crippen molar-refractivity contribution in [1.82, 2.24) is 14.6 Å². The Labute approximate surface area is 68.8 Å². The van der Waals surface area contributed by atoms with Gasteiger partial charge in [-0.15, -0.1) is 10.2 Å². The fourth-order valence-electron chi connectivity index (χ4n) is 1.53. The molecule has 0 aromatic carbocycles. The van der Waals surface area contributed by atoms with E-state index in [0.717, 1.165) is 24.6 Å². The molecule has 3 heterocycles. The first-order valence-corrected chi connectivity index (χ1v) is 3.89. The van der Waals surface area contributed by atoms with Gasteiger partial charge in [-0.05, 0) is 12.1 Å². The molecule has 0 saturated heterocycles. The summed E-state index contributed by atoms with van der Waals surface area (Å²) in [5, 5.41) is 7.74. The summed E-state index contributed by atoms with van der Waals surface area (Å²) >= 11 is 0. The predicted molar refractivity (Wildman–Crippen MR) is 42.2 cm³/mol. The van der Waals surface area contributed by atoms with E-state index in [0.29, 0.717) is 0 Å². The summed E-state index contributed by atoms with van der Waals surface area (Å²) in [4.78, 5) is 0. The average Bonchev–Trinajstić information content (AvgIpc) is 2.71. The van der Waals surface area contributed by atoms with Crippen molar-refractivity contribution < 1.29 is 4.74 Å². The van der Waals surface area contributed by atoms with E-state index in [1.165, 1.54) is 5.56 Å². The third-order valence-electron chi connectivity index (χ3n) is 2.11. The Morgan fingerprint density at radius 3 is 3.42 bits per heavy atom. The summed E-state index contributed by atoms with van der Waals surface area (Å²) in [5.41, 5.74) is 2.08. The number of pyridine rings is 1. The molecule has 0 aliphatic carbocycles. The highest BCUT2D eigenvalue weighted by Gasteiger charge is 2.15. The van der Waals surface area contributed by atoms with Crippen molar-refractivity contribution in [3.05, 3.63) is 24.0 Å². The van der Waals surface area contributed by atoms with Crippen LogP contribution >= 0.6 is 0 Å². The Kier molecular flexibility index (Phi) is 0.983. The van der Waals surface area contributed by atoms with E-state index in [9.17, 15) is 0 Å². The number of ether oxygens (including phenoxy) is 1. The van der Waals surface area contributed by atoms with Gasteiger partial charge in [0.25, 0.3) is 0 Å². The van der Waals surface area contributed by atoms with Crippen molar-refractivity contribution in [2.45, 2.75) is 6.42 Å². The van der Waals surface area contributed by atoms with Gasteiger partial charge in [0, 0.05) is 12.0 Å². The first kappa shape index (κ1) is 5.99. The van der Waals surface area contributed by atoms with Crippen LogP contribution in [0.15, 0.2) is 18.5 Å². The lowest BCUT2D eigenvalue weighted by Crippen LogP contribution is -1.92. The fourth-order valence-corrected chi connectivity index (χ4v) is 1.53. The van der Waals surface area contributed by atoms with Gasteiger partial charge in [0.05, 0.1) is 6.61 Å². The average molecular weight is 161 g/mol. The lowest BCUT2D eigenvalue weighted by atomic mass is 10.2. The fraction of sp³-hybridized carbons (Fsp3) is 0.250. The van der Waals surface area contributed by atoms with Gasteiger partial charge in [0.2, 0.25) is 5.88 Å². The smallest absolute Gasteiger partial charge is 0.204 e. The lowest BCUT2D eigenvalue weighted by Gasteiger charge is -2.00. The number of rotatable bonds is 0. The van der Waals surface area contributed by atoms with Gasteiger partial charge in [0.1, 0.15) is 6.33 Å². The second kappa shape index (κ2) is 1.97. The number of fused-ring (bicyclic) bond motifs is 3. The first-order chi connectivity index (χ1) is 5.95. The molecule has 4 nitrogen and oxygen atoms in total. The molecule has 1 aliphatic rings. The summed E-state index contributed by atoms with van der Waals surface area (Å²) in [5.74, 6) is 0.900. The van der Waals surface area contributed by atoms with Crippen LogP contribution in [0.3, 0.4) is 0 Å². The molecule has 4 heteroatoms. The molecule has 0 saturated carbocycles. The molecule has 3 rings (SSSR count). The van der Waals surface area contributed by atoms with E-state index in [2.05, 4.69) is 10.2 Å². The molecular weight excluding hydrogens is 154 g/mol. The first-order valence-electron chi connectivity index (χ1n) is 3.89.